The predicted molar refractivity (Wildman–Crippen MR) is 126 cm³/mol. The van der Waals surface area contributed by atoms with Gasteiger partial charge in [-0.15, -0.1) is 11.8 Å². The molecule has 1 N–H and O–H groups in total. The Morgan fingerprint density at radius 2 is 2.03 bits per heavy atom. The number of aromatic nitrogens is 1. The molecule has 9 heteroatoms. The van der Waals surface area contributed by atoms with E-state index in [0.29, 0.717) is 17.7 Å². The molecule has 1 heterocycles. The number of hydrogen-bond donors (Lipinski definition) is 1. The Morgan fingerprint density at radius 3 is 2.68 bits per heavy atom. The predicted octanol–water partition coefficient (Wildman–Crippen LogP) is 4.84. The average molecular weight is 481 g/mol. The molecule has 31 heavy (non-hydrogen) atoms. The summed E-state index contributed by atoms with van der Waals surface area (Å²) in [6, 6.07) is 7.51. The van der Waals surface area contributed by atoms with Crippen LogP contribution in [0.1, 0.15) is 50.5 Å². The summed E-state index contributed by atoms with van der Waals surface area (Å²) in [7, 11) is 0. The first-order valence-electron chi connectivity index (χ1n) is 10.4. The number of carbonyl (C=O) groups is 2. The summed E-state index contributed by atoms with van der Waals surface area (Å²) in [5, 5.41) is 3.49. The standard InChI is InChI=1S/C22H28N2O4S3/c1-3-28-19(25)14-29-20-13-23-22(30-20)24-21(26)18(12-15-6-4-5-7-15)16-8-10-17(11-9-16)31(2)27/h8-11,13,15,18H,3-7,12,14H2,1-2H3,(H,23,24,26). The highest BCUT2D eigenvalue weighted by Crippen LogP contribution is 2.36. The van der Waals surface area contributed by atoms with E-state index in [1.165, 1.54) is 35.9 Å². The van der Waals surface area contributed by atoms with Crippen molar-refractivity contribution in [1.82, 2.24) is 4.98 Å². The number of anilines is 1. The molecule has 2 unspecified atom stereocenters. The highest BCUT2D eigenvalue weighted by Gasteiger charge is 2.27. The lowest BCUT2D eigenvalue weighted by Crippen LogP contribution is -2.23. The molecule has 1 aromatic heterocycles. The maximum atomic E-state index is 13.2. The minimum Gasteiger partial charge on any atom is -0.612 e. The quantitative estimate of drug-likeness (QED) is 0.297. The maximum absolute atomic E-state index is 13.2. The number of thioether (sulfide) groups is 1. The van der Waals surface area contributed by atoms with E-state index in [0.717, 1.165) is 33.9 Å². The van der Waals surface area contributed by atoms with Crippen LogP contribution in [-0.2, 0) is 25.5 Å². The summed E-state index contributed by atoms with van der Waals surface area (Å²) in [5.74, 6) is 0.150. The topological polar surface area (TPSA) is 91.3 Å². The Labute approximate surface area is 194 Å². The molecule has 0 radical (unpaired) electrons. The van der Waals surface area contributed by atoms with Gasteiger partial charge < -0.3 is 14.6 Å². The summed E-state index contributed by atoms with van der Waals surface area (Å²) < 4.78 is 17.5. The Balaban J connectivity index is 1.67. The van der Waals surface area contributed by atoms with E-state index in [9.17, 15) is 14.1 Å². The summed E-state index contributed by atoms with van der Waals surface area (Å²) in [5.41, 5.74) is 0.937. The number of esters is 1. The van der Waals surface area contributed by atoms with E-state index in [4.69, 9.17) is 4.74 Å². The molecule has 6 nitrogen and oxygen atoms in total. The molecule has 1 aliphatic carbocycles. The van der Waals surface area contributed by atoms with Crippen LogP contribution in [0.2, 0.25) is 0 Å². The lowest BCUT2D eigenvalue weighted by Gasteiger charge is -2.20. The number of rotatable bonds is 10. The molecule has 1 saturated carbocycles. The highest BCUT2D eigenvalue weighted by atomic mass is 32.2. The van der Waals surface area contributed by atoms with E-state index in [1.54, 1.807) is 19.4 Å². The Bertz CT molecular complexity index is 864. The van der Waals surface area contributed by atoms with Crippen molar-refractivity contribution >= 4 is 51.3 Å². The van der Waals surface area contributed by atoms with Crippen molar-refractivity contribution in [2.45, 2.75) is 54.1 Å². The summed E-state index contributed by atoms with van der Waals surface area (Å²) in [4.78, 5) is 29.8. The molecule has 3 rings (SSSR count). The molecular formula is C22H28N2O4S3. The van der Waals surface area contributed by atoms with Crippen LogP contribution in [-0.4, -0.2) is 40.0 Å². The van der Waals surface area contributed by atoms with Crippen LogP contribution in [0.4, 0.5) is 5.13 Å². The van der Waals surface area contributed by atoms with Crippen molar-refractivity contribution in [1.29, 1.82) is 0 Å². The van der Waals surface area contributed by atoms with Crippen LogP contribution >= 0.6 is 23.1 Å². The van der Waals surface area contributed by atoms with Gasteiger partial charge in [0, 0.05) is 0 Å². The van der Waals surface area contributed by atoms with Gasteiger partial charge in [0.2, 0.25) is 5.91 Å². The average Bonchev–Trinajstić information content (AvgIpc) is 3.43. The van der Waals surface area contributed by atoms with Crippen LogP contribution in [0, 0.1) is 5.92 Å². The van der Waals surface area contributed by atoms with Gasteiger partial charge in [-0.05, 0) is 48.1 Å². The number of nitrogens with zero attached hydrogens (tertiary/aromatic N) is 1. The number of carbonyl (C=O) groups excluding carboxylic acids is 2. The Morgan fingerprint density at radius 1 is 1.32 bits per heavy atom. The Hall–Kier alpha value is -1.55. The van der Waals surface area contributed by atoms with Crippen molar-refractivity contribution in [2.75, 3.05) is 23.9 Å². The molecule has 1 amide bonds. The van der Waals surface area contributed by atoms with Gasteiger partial charge in [0.05, 0.1) is 28.7 Å². The number of ether oxygens (including phenoxy) is 1. The van der Waals surface area contributed by atoms with Gasteiger partial charge in [-0.3, -0.25) is 9.59 Å². The second kappa shape index (κ2) is 11.9. The summed E-state index contributed by atoms with van der Waals surface area (Å²) in [6.45, 7) is 2.14. The lowest BCUT2D eigenvalue weighted by atomic mass is 9.87. The third kappa shape index (κ3) is 7.24. The van der Waals surface area contributed by atoms with Crippen LogP contribution in [0.25, 0.3) is 0 Å². The molecule has 0 spiro atoms. The SMILES string of the molecule is CCOC(=O)CSc1cnc(NC(=O)C(CC2CCCC2)c2ccc([S+](C)[O-])cc2)s1. The van der Waals surface area contributed by atoms with Gasteiger partial charge in [0.1, 0.15) is 6.26 Å². The van der Waals surface area contributed by atoms with E-state index < -0.39 is 11.2 Å². The van der Waals surface area contributed by atoms with Crippen molar-refractivity contribution in [2.24, 2.45) is 5.92 Å². The fraction of sp³-hybridized carbons (Fsp3) is 0.500. The number of amides is 1. The molecule has 1 aromatic carbocycles. The summed E-state index contributed by atoms with van der Waals surface area (Å²) in [6.07, 6.45) is 8.88. The zero-order chi connectivity index (χ0) is 22.2. The van der Waals surface area contributed by atoms with Crippen molar-refractivity contribution in [3.05, 3.63) is 36.0 Å². The van der Waals surface area contributed by atoms with E-state index >= 15 is 0 Å². The third-order valence-electron chi connectivity index (χ3n) is 5.33. The number of nitrogens with one attached hydrogen (secondary N) is 1. The molecule has 0 saturated heterocycles. The molecule has 1 aliphatic rings. The molecule has 0 bridgehead atoms. The first-order valence-corrected chi connectivity index (χ1v) is 13.8. The number of thiazole rings is 1. The minimum absolute atomic E-state index is 0.0754. The molecule has 2 atom stereocenters. The summed E-state index contributed by atoms with van der Waals surface area (Å²) >= 11 is 1.66. The maximum Gasteiger partial charge on any atom is 0.316 e. The first kappa shape index (κ1) is 24.1. The lowest BCUT2D eigenvalue weighted by molar-refractivity contribution is -0.139. The Kier molecular flexibility index (Phi) is 9.25. The molecule has 0 aliphatic heterocycles. The number of benzene rings is 1. The van der Waals surface area contributed by atoms with Gasteiger partial charge >= 0.3 is 5.97 Å². The van der Waals surface area contributed by atoms with Crippen LogP contribution < -0.4 is 5.32 Å². The second-order valence-electron chi connectivity index (χ2n) is 7.53. The monoisotopic (exact) mass is 480 g/mol. The van der Waals surface area contributed by atoms with Gasteiger partial charge in [0.15, 0.2) is 10.0 Å². The van der Waals surface area contributed by atoms with Crippen molar-refractivity contribution < 1.29 is 18.9 Å². The van der Waals surface area contributed by atoms with Crippen LogP contribution in [0.3, 0.4) is 0 Å². The number of hydrogen-bond acceptors (Lipinski definition) is 7. The van der Waals surface area contributed by atoms with Crippen molar-refractivity contribution in [3.63, 3.8) is 0 Å². The van der Waals surface area contributed by atoms with Gasteiger partial charge in [0.25, 0.3) is 0 Å². The van der Waals surface area contributed by atoms with E-state index in [1.807, 2.05) is 24.3 Å². The van der Waals surface area contributed by atoms with E-state index in [2.05, 4.69) is 10.3 Å². The second-order valence-corrected chi connectivity index (χ2v) is 11.2. The molecular weight excluding hydrogens is 452 g/mol. The fourth-order valence-electron chi connectivity index (χ4n) is 3.77. The molecule has 168 valence electrons. The van der Waals surface area contributed by atoms with Crippen LogP contribution in [0.15, 0.2) is 39.6 Å². The fourth-order valence-corrected chi connectivity index (χ4v) is 5.97. The normalized spacial score (nSPS) is 16.1. The van der Waals surface area contributed by atoms with Gasteiger partial charge in [-0.25, -0.2) is 4.98 Å². The van der Waals surface area contributed by atoms with E-state index in [-0.39, 0.29) is 23.5 Å². The van der Waals surface area contributed by atoms with Gasteiger partial charge in [-0.1, -0.05) is 49.2 Å². The van der Waals surface area contributed by atoms with Crippen molar-refractivity contribution in [3.8, 4) is 0 Å². The zero-order valence-corrected chi connectivity index (χ0v) is 20.2. The first-order chi connectivity index (χ1) is 15.0. The minimum atomic E-state index is -1.05. The third-order valence-corrected chi connectivity index (χ3v) is 8.34. The van der Waals surface area contributed by atoms with Crippen LogP contribution in [0.5, 0.6) is 0 Å². The smallest absolute Gasteiger partial charge is 0.316 e. The highest BCUT2D eigenvalue weighted by molar-refractivity contribution is 8.01. The van der Waals surface area contributed by atoms with Gasteiger partial charge in [-0.2, -0.15) is 0 Å². The molecule has 1 fully saturated rings. The zero-order valence-electron chi connectivity index (χ0n) is 17.8. The largest absolute Gasteiger partial charge is 0.612 e. The molecule has 2 aromatic rings.